The fourth-order valence-corrected chi connectivity index (χ4v) is 3.52. The standard InChI is InChI=1S/C16H10ClFN2S/c17-16-12-3-1-2-4-14(12)21-15(16)9-20-11-5-6-13(18)10(7-11)8-19/h1-7,20H,9H2. The molecule has 1 heterocycles. The number of hydrogen-bond acceptors (Lipinski definition) is 3. The van der Waals surface area contributed by atoms with Crippen molar-refractivity contribution < 1.29 is 4.39 Å². The third-order valence-electron chi connectivity index (χ3n) is 3.14. The average molecular weight is 317 g/mol. The summed E-state index contributed by atoms with van der Waals surface area (Å²) in [6.07, 6.45) is 0. The van der Waals surface area contributed by atoms with Crippen LogP contribution in [0.15, 0.2) is 42.5 Å². The Morgan fingerprint density at radius 1 is 1.24 bits per heavy atom. The molecule has 0 aliphatic carbocycles. The third-order valence-corrected chi connectivity index (χ3v) is 4.86. The molecule has 0 saturated carbocycles. The van der Waals surface area contributed by atoms with Crippen molar-refractivity contribution in [2.24, 2.45) is 0 Å². The van der Waals surface area contributed by atoms with E-state index in [0.29, 0.717) is 12.2 Å². The predicted octanol–water partition coefficient (Wildman–Crippen LogP) is 5.18. The van der Waals surface area contributed by atoms with Gasteiger partial charge in [-0.2, -0.15) is 5.26 Å². The first-order chi connectivity index (χ1) is 10.2. The van der Waals surface area contributed by atoms with E-state index in [9.17, 15) is 4.39 Å². The zero-order valence-corrected chi connectivity index (χ0v) is 12.4. The maximum atomic E-state index is 13.3. The van der Waals surface area contributed by atoms with Crippen LogP contribution in [-0.2, 0) is 6.54 Å². The van der Waals surface area contributed by atoms with Crippen molar-refractivity contribution in [1.82, 2.24) is 0 Å². The van der Waals surface area contributed by atoms with Crippen LogP contribution < -0.4 is 5.32 Å². The van der Waals surface area contributed by atoms with E-state index in [4.69, 9.17) is 16.9 Å². The lowest BCUT2D eigenvalue weighted by Crippen LogP contribution is -1.98. The molecule has 0 unspecified atom stereocenters. The largest absolute Gasteiger partial charge is 0.380 e. The Bertz CT molecular complexity index is 851. The maximum Gasteiger partial charge on any atom is 0.141 e. The average Bonchev–Trinajstić information content (AvgIpc) is 2.83. The lowest BCUT2D eigenvalue weighted by Gasteiger charge is -2.06. The molecule has 0 saturated heterocycles. The second-order valence-electron chi connectivity index (χ2n) is 4.50. The maximum absolute atomic E-state index is 13.3. The van der Waals surface area contributed by atoms with Crippen LogP contribution in [0.4, 0.5) is 10.1 Å². The van der Waals surface area contributed by atoms with Crippen molar-refractivity contribution in [1.29, 1.82) is 5.26 Å². The van der Waals surface area contributed by atoms with Crippen molar-refractivity contribution in [3.8, 4) is 6.07 Å². The zero-order chi connectivity index (χ0) is 14.8. The number of thiophene rings is 1. The minimum Gasteiger partial charge on any atom is -0.380 e. The molecule has 0 radical (unpaired) electrons. The normalized spacial score (nSPS) is 10.5. The number of halogens is 2. The van der Waals surface area contributed by atoms with Gasteiger partial charge in [0.1, 0.15) is 11.9 Å². The van der Waals surface area contributed by atoms with Crippen LogP contribution in [0.1, 0.15) is 10.4 Å². The molecule has 3 aromatic rings. The van der Waals surface area contributed by atoms with Gasteiger partial charge < -0.3 is 5.32 Å². The van der Waals surface area contributed by atoms with Crippen molar-refractivity contribution >= 4 is 38.7 Å². The molecule has 0 aliphatic rings. The van der Waals surface area contributed by atoms with Gasteiger partial charge in [0.25, 0.3) is 0 Å². The van der Waals surface area contributed by atoms with E-state index in [1.165, 1.54) is 12.1 Å². The van der Waals surface area contributed by atoms with Gasteiger partial charge in [-0.15, -0.1) is 11.3 Å². The Hall–Kier alpha value is -2.09. The van der Waals surface area contributed by atoms with Crippen LogP contribution in [0.3, 0.4) is 0 Å². The Labute approximate surface area is 130 Å². The Kier molecular flexibility index (Phi) is 3.78. The van der Waals surface area contributed by atoms with Crippen molar-refractivity contribution in [2.45, 2.75) is 6.54 Å². The molecule has 1 aromatic heterocycles. The molecule has 2 nitrogen and oxygen atoms in total. The summed E-state index contributed by atoms with van der Waals surface area (Å²) in [5.74, 6) is -0.511. The van der Waals surface area contributed by atoms with Gasteiger partial charge in [0.15, 0.2) is 0 Å². The number of nitrogens with zero attached hydrogens (tertiary/aromatic N) is 1. The van der Waals surface area contributed by atoms with Gasteiger partial charge >= 0.3 is 0 Å². The molecule has 1 N–H and O–H groups in total. The van der Waals surface area contributed by atoms with E-state index in [1.54, 1.807) is 17.4 Å². The zero-order valence-electron chi connectivity index (χ0n) is 10.9. The number of fused-ring (bicyclic) bond motifs is 1. The van der Waals surface area contributed by atoms with Crippen molar-refractivity contribution in [3.63, 3.8) is 0 Å². The summed E-state index contributed by atoms with van der Waals surface area (Å²) in [5.41, 5.74) is 0.726. The topological polar surface area (TPSA) is 35.8 Å². The highest BCUT2D eigenvalue weighted by atomic mass is 35.5. The number of rotatable bonds is 3. The van der Waals surface area contributed by atoms with Crippen LogP contribution in [0.5, 0.6) is 0 Å². The van der Waals surface area contributed by atoms with Crippen LogP contribution in [0.2, 0.25) is 5.02 Å². The van der Waals surface area contributed by atoms with Crippen LogP contribution >= 0.6 is 22.9 Å². The summed E-state index contributed by atoms with van der Waals surface area (Å²) < 4.78 is 14.4. The lowest BCUT2D eigenvalue weighted by atomic mass is 10.2. The first kappa shape index (κ1) is 13.9. The molecule has 0 bridgehead atoms. The second kappa shape index (κ2) is 5.72. The molecule has 5 heteroatoms. The van der Waals surface area contributed by atoms with Gasteiger partial charge in [-0.1, -0.05) is 29.8 Å². The van der Waals surface area contributed by atoms with E-state index in [2.05, 4.69) is 5.32 Å². The smallest absolute Gasteiger partial charge is 0.141 e. The summed E-state index contributed by atoms with van der Waals surface area (Å²) in [4.78, 5) is 1.01. The highest BCUT2D eigenvalue weighted by Gasteiger charge is 2.10. The van der Waals surface area contributed by atoms with E-state index in [-0.39, 0.29) is 5.56 Å². The van der Waals surface area contributed by atoms with E-state index in [0.717, 1.165) is 20.0 Å². The lowest BCUT2D eigenvalue weighted by molar-refractivity contribution is 0.624. The summed E-state index contributed by atoms with van der Waals surface area (Å²) in [6.45, 7) is 0.536. The monoisotopic (exact) mass is 316 g/mol. The molecule has 0 aliphatic heterocycles. The molecule has 0 spiro atoms. The van der Waals surface area contributed by atoms with Gasteiger partial charge in [0.05, 0.1) is 17.1 Å². The summed E-state index contributed by atoms with van der Waals surface area (Å²) in [7, 11) is 0. The number of anilines is 1. The Balaban J connectivity index is 1.84. The first-order valence-corrected chi connectivity index (χ1v) is 7.48. The molecule has 0 fully saturated rings. The number of nitrogens with one attached hydrogen (secondary N) is 1. The fourth-order valence-electron chi connectivity index (χ4n) is 2.08. The molecular weight excluding hydrogens is 307 g/mol. The van der Waals surface area contributed by atoms with Crippen molar-refractivity contribution in [3.05, 3.63) is 63.7 Å². The molecule has 2 aromatic carbocycles. The molecule has 3 rings (SSSR count). The van der Waals surface area contributed by atoms with Gasteiger partial charge in [0.2, 0.25) is 0 Å². The highest BCUT2D eigenvalue weighted by Crippen LogP contribution is 2.35. The predicted molar refractivity (Wildman–Crippen MR) is 85.3 cm³/mol. The Morgan fingerprint density at radius 3 is 2.81 bits per heavy atom. The SMILES string of the molecule is N#Cc1cc(NCc2sc3ccccc3c2Cl)ccc1F. The molecular formula is C16H10ClFN2S. The fraction of sp³-hybridized carbons (Fsp3) is 0.0625. The minimum atomic E-state index is -0.511. The molecule has 0 amide bonds. The molecule has 21 heavy (non-hydrogen) atoms. The van der Waals surface area contributed by atoms with Gasteiger partial charge in [-0.25, -0.2) is 4.39 Å². The Morgan fingerprint density at radius 2 is 2.05 bits per heavy atom. The number of benzene rings is 2. The number of nitriles is 1. The van der Waals surface area contributed by atoms with Crippen LogP contribution in [0.25, 0.3) is 10.1 Å². The van der Waals surface area contributed by atoms with Crippen molar-refractivity contribution in [2.75, 3.05) is 5.32 Å². The second-order valence-corrected chi connectivity index (χ2v) is 6.01. The van der Waals surface area contributed by atoms with Crippen LogP contribution in [-0.4, -0.2) is 0 Å². The first-order valence-electron chi connectivity index (χ1n) is 6.28. The molecule has 0 atom stereocenters. The number of hydrogen-bond donors (Lipinski definition) is 1. The summed E-state index contributed by atoms with van der Waals surface area (Å²) >= 11 is 7.99. The summed E-state index contributed by atoms with van der Waals surface area (Å²) in [5, 5.41) is 13.8. The minimum absolute atomic E-state index is 0.0300. The van der Waals surface area contributed by atoms with Crippen LogP contribution in [0, 0.1) is 17.1 Å². The van der Waals surface area contributed by atoms with Gasteiger partial charge in [0, 0.05) is 20.7 Å². The quantitative estimate of drug-likeness (QED) is 0.723. The summed E-state index contributed by atoms with van der Waals surface area (Å²) in [6, 6.07) is 14.2. The van der Waals surface area contributed by atoms with E-state index in [1.807, 2.05) is 30.3 Å². The van der Waals surface area contributed by atoms with E-state index >= 15 is 0 Å². The molecule has 104 valence electrons. The van der Waals surface area contributed by atoms with E-state index < -0.39 is 5.82 Å². The third kappa shape index (κ3) is 2.71. The highest BCUT2D eigenvalue weighted by molar-refractivity contribution is 7.19. The van der Waals surface area contributed by atoms with Gasteiger partial charge in [-0.3, -0.25) is 0 Å². The van der Waals surface area contributed by atoms with Gasteiger partial charge in [-0.05, 0) is 24.3 Å².